The summed E-state index contributed by atoms with van der Waals surface area (Å²) in [5, 5.41) is 10.6. The van der Waals surface area contributed by atoms with Crippen LogP contribution in [0.3, 0.4) is 0 Å². The Hall–Kier alpha value is -4.16. The minimum Gasteiger partial charge on any atom is -0.491 e. The molecule has 212 valence electrons. The summed E-state index contributed by atoms with van der Waals surface area (Å²) in [7, 11) is 1.66. The van der Waals surface area contributed by atoms with E-state index in [4.69, 9.17) is 15.2 Å². The number of nitrogens with two attached hydrogens (primary N) is 1. The number of imidazole rings is 1. The summed E-state index contributed by atoms with van der Waals surface area (Å²) in [5.74, 6) is 0.803. The lowest BCUT2D eigenvalue weighted by Gasteiger charge is -2.16. The first-order valence-electron chi connectivity index (χ1n) is 13.1. The third-order valence-electron chi connectivity index (χ3n) is 6.09. The molecule has 12 heteroatoms. The molecule has 0 radical (unpaired) electrons. The molecule has 4 N–H and O–H groups in total. The molecule has 0 saturated carbocycles. The van der Waals surface area contributed by atoms with Crippen LogP contribution in [0.25, 0.3) is 10.3 Å². The van der Waals surface area contributed by atoms with E-state index in [2.05, 4.69) is 20.7 Å². The van der Waals surface area contributed by atoms with Gasteiger partial charge in [0.2, 0.25) is 5.95 Å². The van der Waals surface area contributed by atoms with Crippen LogP contribution < -0.4 is 21.1 Å². The standard InChI is InChI=1S/C28H35N7O4S/c1-5-35-23(15-19(3)33-35)26(37)32-28-31-22-16-20(17-36)40-27(22)34(28)10-7-6-9-30-25-21(29)13-18(2)14-24(25)39-12-8-11-38-4/h6-7,13-17,30H,5,8-12,29H2,1-4H3,(H,31,32,37)/b7-6+. The second-order valence-corrected chi connectivity index (χ2v) is 10.3. The molecule has 0 bridgehead atoms. The molecule has 11 nitrogen and oxygen atoms in total. The molecule has 4 aromatic rings. The molecule has 40 heavy (non-hydrogen) atoms. The Labute approximate surface area is 237 Å². The van der Waals surface area contributed by atoms with Gasteiger partial charge in [-0.3, -0.25) is 24.2 Å². The van der Waals surface area contributed by atoms with Gasteiger partial charge in [0.15, 0.2) is 6.29 Å². The SMILES string of the molecule is CCn1nc(C)cc1C(=O)Nc1nc2cc(C=O)sc2n1C/C=C/CNc1c(N)cc(C)cc1OCCCOC. The van der Waals surface area contributed by atoms with E-state index in [1.807, 2.05) is 49.6 Å². The van der Waals surface area contributed by atoms with Crippen molar-refractivity contribution in [2.45, 2.75) is 40.3 Å². The summed E-state index contributed by atoms with van der Waals surface area (Å²) < 4.78 is 14.6. The summed E-state index contributed by atoms with van der Waals surface area (Å²) in [6.07, 6.45) is 5.51. The minimum atomic E-state index is -0.296. The van der Waals surface area contributed by atoms with Crippen LogP contribution in [0.2, 0.25) is 0 Å². The Bertz CT molecular complexity index is 1520. The normalized spacial score (nSPS) is 11.4. The molecule has 0 aliphatic rings. The molecule has 0 fully saturated rings. The lowest BCUT2D eigenvalue weighted by Crippen LogP contribution is -2.19. The van der Waals surface area contributed by atoms with Gasteiger partial charge in [0.1, 0.15) is 27.5 Å². The fourth-order valence-electron chi connectivity index (χ4n) is 4.28. The lowest BCUT2D eigenvalue weighted by atomic mass is 10.1. The number of fused-ring (bicyclic) bond motifs is 1. The van der Waals surface area contributed by atoms with Crippen LogP contribution in [0.5, 0.6) is 5.75 Å². The number of thiophene rings is 1. The monoisotopic (exact) mass is 565 g/mol. The fraction of sp³-hybridized carbons (Fsp3) is 0.357. The number of aromatic nitrogens is 4. The van der Waals surface area contributed by atoms with Crippen molar-refractivity contribution in [3.05, 3.63) is 58.2 Å². The van der Waals surface area contributed by atoms with Gasteiger partial charge in [0.25, 0.3) is 5.91 Å². The maximum Gasteiger partial charge on any atom is 0.276 e. The Morgan fingerprint density at radius 2 is 2.00 bits per heavy atom. The smallest absolute Gasteiger partial charge is 0.276 e. The third kappa shape index (κ3) is 6.69. The Morgan fingerprint density at radius 3 is 2.75 bits per heavy atom. The summed E-state index contributed by atoms with van der Waals surface area (Å²) in [6, 6.07) is 7.33. The number of amides is 1. The summed E-state index contributed by atoms with van der Waals surface area (Å²) in [6.45, 7) is 8.40. The van der Waals surface area contributed by atoms with E-state index in [9.17, 15) is 9.59 Å². The van der Waals surface area contributed by atoms with Crippen molar-refractivity contribution in [1.29, 1.82) is 0 Å². The average Bonchev–Trinajstić information content (AvgIpc) is 3.60. The van der Waals surface area contributed by atoms with E-state index >= 15 is 0 Å². The molecular formula is C28H35N7O4S. The van der Waals surface area contributed by atoms with E-state index in [-0.39, 0.29) is 5.91 Å². The number of aldehydes is 1. The molecule has 3 aromatic heterocycles. The van der Waals surface area contributed by atoms with Crippen LogP contribution in [-0.2, 0) is 17.8 Å². The summed E-state index contributed by atoms with van der Waals surface area (Å²) in [4.78, 5) is 30.4. The van der Waals surface area contributed by atoms with Crippen LogP contribution >= 0.6 is 11.3 Å². The second kappa shape index (κ2) is 13.3. The van der Waals surface area contributed by atoms with Crippen molar-refractivity contribution < 1.29 is 19.1 Å². The number of allylic oxidation sites excluding steroid dienone is 1. The number of hydrogen-bond acceptors (Lipinski definition) is 9. The number of benzene rings is 1. The van der Waals surface area contributed by atoms with Crippen molar-refractivity contribution >= 4 is 51.2 Å². The van der Waals surface area contributed by atoms with Crippen molar-refractivity contribution in [1.82, 2.24) is 19.3 Å². The lowest BCUT2D eigenvalue weighted by molar-refractivity contribution is 0.101. The number of hydrogen-bond donors (Lipinski definition) is 3. The van der Waals surface area contributed by atoms with Crippen LogP contribution in [0.1, 0.15) is 44.8 Å². The fourth-order valence-corrected chi connectivity index (χ4v) is 5.21. The molecule has 1 aromatic carbocycles. The van der Waals surface area contributed by atoms with E-state index in [1.165, 1.54) is 11.3 Å². The van der Waals surface area contributed by atoms with Gasteiger partial charge in [-0.1, -0.05) is 12.2 Å². The van der Waals surface area contributed by atoms with Gasteiger partial charge in [0.05, 0.1) is 22.9 Å². The van der Waals surface area contributed by atoms with Gasteiger partial charge < -0.3 is 20.5 Å². The number of anilines is 3. The van der Waals surface area contributed by atoms with Crippen molar-refractivity contribution in [3.8, 4) is 5.75 Å². The van der Waals surface area contributed by atoms with E-state index in [1.54, 1.807) is 23.9 Å². The van der Waals surface area contributed by atoms with Crippen molar-refractivity contribution in [3.63, 3.8) is 0 Å². The number of rotatable bonds is 14. The predicted molar refractivity (Wildman–Crippen MR) is 159 cm³/mol. The number of ether oxygens (including phenoxy) is 2. The topological polar surface area (TPSA) is 138 Å². The molecule has 0 aliphatic heterocycles. The Morgan fingerprint density at radius 1 is 1.18 bits per heavy atom. The van der Waals surface area contributed by atoms with Crippen LogP contribution in [0.4, 0.5) is 17.3 Å². The first-order valence-corrected chi connectivity index (χ1v) is 13.9. The first kappa shape index (κ1) is 28.8. The number of nitrogens with zero attached hydrogens (tertiary/aromatic N) is 4. The largest absolute Gasteiger partial charge is 0.491 e. The third-order valence-corrected chi connectivity index (χ3v) is 7.17. The van der Waals surface area contributed by atoms with E-state index in [0.717, 1.165) is 34.5 Å². The second-order valence-electron chi connectivity index (χ2n) is 9.22. The molecule has 4 rings (SSSR count). The number of carbonyl (C=O) groups is 2. The number of nitrogen functional groups attached to an aromatic ring is 1. The highest BCUT2D eigenvalue weighted by molar-refractivity contribution is 7.20. The number of aryl methyl sites for hydroxylation is 3. The molecule has 0 unspecified atom stereocenters. The Kier molecular flexibility index (Phi) is 9.56. The van der Waals surface area contributed by atoms with Crippen molar-refractivity contribution in [2.75, 3.05) is 43.2 Å². The molecule has 1 amide bonds. The van der Waals surface area contributed by atoms with Crippen LogP contribution in [-0.4, -0.2) is 58.4 Å². The Balaban J connectivity index is 1.48. The first-order chi connectivity index (χ1) is 19.3. The summed E-state index contributed by atoms with van der Waals surface area (Å²) in [5.41, 5.74) is 10.5. The maximum absolute atomic E-state index is 13.1. The zero-order chi connectivity index (χ0) is 28.6. The number of methoxy groups -OCH3 is 1. The summed E-state index contributed by atoms with van der Waals surface area (Å²) >= 11 is 1.33. The molecule has 0 spiro atoms. The van der Waals surface area contributed by atoms with Crippen LogP contribution in [0.15, 0.2) is 36.4 Å². The number of nitrogens with one attached hydrogen (secondary N) is 2. The number of carbonyl (C=O) groups excluding carboxylic acids is 2. The molecule has 0 atom stereocenters. The highest BCUT2D eigenvalue weighted by atomic mass is 32.1. The van der Waals surface area contributed by atoms with E-state index < -0.39 is 0 Å². The maximum atomic E-state index is 13.1. The highest BCUT2D eigenvalue weighted by Gasteiger charge is 2.19. The molecule has 0 aliphatic carbocycles. The quantitative estimate of drug-likeness (QED) is 0.0869. The zero-order valence-corrected chi connectivity index (χ0v) is 24.0. The van der Waals surface area contributed by atoms with Gasteiger partial charge >= 0.3 is 0 Å². The van der Waals surface area contributed by atoms with Gasteiger partial charge in [-0.05, 0) is 50.6 Å². The molecule has 3 heterocycles. The zero-order valence-electron chi connectivity index (χ0n) is 23.2. The highest BCUT2D eigenvalue weighted by Crippen LogP contribution is 2.32. The van der Waals surface area contributed by atoms with E-state index in [0.29, 0.717) is 66.3 Å². The minimum absolute atomic E-state index is 0.296. The van der Waals surface area contributed by atoms with Gasteiger partial charge in [-0.15, -0.1) is 11.3 Å². The van der Waals surface area contributed by atoms with Gasteiger partial charge in [-0.25, -0.2) is 4.98 Å². The molecule has 0 saturated heterocycles. The predicted octanol–water partition coefficient (Wildman–Crippen LogP) is 4.66. The molecular weight excluding hydrogens is 530 g/mol. The van der Waals surface area contributed by atoms with Crippen LogP contribution in [0, 0.1) is 13.8 Å². The average molecular weight is 566 g/mol. The van der Waals surface area contributed by atoms with Gasteiger partial charge in [-0.2, -0.15) is 5.10 Å². The van der Waals surface area contributed by atoms with Crippen molar-refractivity contribution in [2.24, 2.45) is 0 Å². The van der Waals surface area contributed by atoms with Gasteiger partial charge in [0, 0.05) is 39.8 Å².